The zero-order valence-corrected chi connectivity index (χ0v) is 13.3. The summed E-state index contributed by atoms with van der Waals surface area (Å²) in [6.07, 6.45) is 6.30. The molecule has 1 N–H and O–H groups in total. The summed E-state index contributed by atoms with van der Waals surface area (Å²) < 4.78 is 10.7. The molecule has 1 heterocycles. The number of unbranched alkanes of at least 4 members (excludes halogenated alkanes) is 1. The third kappa shape index (κ3) is 8.79. The summed E-state index contributed by atoms with van der Waals surface area (Å²) in [7, 11) is 0. The fourth-order valence-corrected chi connectivity index (χ4v) is 2.40. The maximum atomic E-state index is 11.6. The molecule has 1 saturated heterocycles. The van der Waals surface area contributed by atoms with Crippen molar-refractivity contribution in [2.75, 3.05) is 32.8 Å². The van der Waals surface area contributed by atoms with Gasteiger partial charge in [-0.25, -0.2) is 9.59 Å². The van der Waals surface area contributed by atoms with E-state index in [1.54, 1.807) is 0 Å². The van der Waals surface area contributed by atoms with Gasteiger partial charge in [0, 0.05) is 25.2 Å². The number of rotatable bonds is 10. The van der Waals surface area contributed by atoms with Crippen LogP contribution in [0, 0.1) is 0 Å². The number of carbonyl (C=O) groups is 2. The minimum Gasteiger partial charge on any atom is -0.478 e. The van der Waals surface area contributed by atoms with Crippen molar-refractivity contribution >= 4 is 11.9 Å². The first-order valence-electron chi connectivity index (χ1n) is 8.03. The average Bonchev–Trinajstić information content (AvgIpc) is 2.51. The van der Waals surface area contributed by atoms with Gasteiger partial charge in [0.2, 0.25) is 0 Å². The van der Waals surface area contributed by atoms with Crippen LogP contribution in [0.1, 0.15) is 39.0 Å². The van der Waals surface area contributed by atoms with Crippen LogP contribution in [-0.2, 0) is 19.1 Å². The molecular formula is C16H27NO5. The molecule has 6 nitrogen and oxygen atoms in total. The van der Waals surface area contributed by atoms with Gasteiger partial charge in [0.25, 0.3) is 0 Å². The smallest absolute Gasteiger partial charge is 0.331 e. The van der Waals surface area contributed by atoms with Gasteiger partial charge in [-0.3, -0.25) is 4.90 Å². The topological polar surface area (TPSA) is 76.1 Å². The molecule has 0 aliphatic carbocycles. The number of carboxylic acids is 1. The number of ether oxygens (including phenoxy) is 2. The Bertz CT molecular complexity index is 364. The minimum absolute atomic E-state index is 0.132. The lowest BCUT2D eigenvalue weighted by Crippen LogP contribution is -2.37. The molecule has 1 aliphatic rings. The Morgan fingerprint density at radius 2 is 1.91 bits per heavy atom. The molecule has 0 amide bonds. The van der Waals surface area contributed by atoms with Crippen molar-refractivity contribution in [3.63, 3.8) is 0 Å². The second-order valence-electron chi connectivity index (χ2n) is 5.47. The van der Waals surface area contributed by atoms with Crippen molar-refractivity contribution < 1.29 is 24.2 Å². The van der Waals surface area contributed by atoms with Crippen molar-refractivity contribution in [1.82, 2.24) is 4.90 Å². The van der Waals surface area contributed by atoms with Crippen LogP contribution in [-0.4, -0.2) is 60.9 Å². The highest BCUT2D eigenvalue weighted by Gasteiger charge is 2.15. The highest BCUT2D eigenvalue weighted by molar-refractivity contribution is 5.90. The molecule has 0 aromatic heterocycles. The Morgan fingerprint density at radius 3 is 2.55 bits per heavy atom. The number of hydrogen-bond donors (Lipinski definition) is 1. The third-order valence-corrected chi connectivity index (χ3v) is 3.63. The zero-order valence-electron chi connectivity index (χ0n) is 13.3. The maximum Gasteiger partial charge on any atom is 0.331 e. The van der Waals surface area contributed by atoms with Crippen molar-refractivity contribution in [2.24, 2.45) is 0 Å². The van der Waals surface area contributed by atoms with Gasteiger partial charge in [-0.15, -0.1) is 0 Å². The van der Waals surface area contributed by atoms with E-state index in [1.807, 2.05) is 0 Å². The van der Waals surface area contributed by atoms with Gasteiger partial charge < -0.3 is 14.6 Å². The van der Waals surface area contributed by atoms with Gasteiger partial charge in [-0.05, 0) is 25.8 Å². The Morgan fingerprint density at radius 1 is 1.23 bits per heavy atom. The summed E-state index contributed by atoms with van der Waals surface area (Å²) in [4.78, 5) is 24.3. The van der Waals surface area contributed by atoms with Gasteiger partial charge in [-0.1, -0.05) is 19.8 Å². The highest BCUT2D eigenvalue weighted by Crippen LogP contribution is 2.13. The first kappa shape index (κ1) is 18.6. The van der Waals surface area contributed by atoms with E-state index >= 15 is 0 Å². The predicted molar refractivity (Wildman–Crippen MR) is 82.7 cm³/mol. The van der Waals surface area contributed by atoms with E-state index in [0.29, 0.717) is 0 Å². The third-order valence-electron chi connectivity index (χ3n) is 3.63. The SMILES string of the molecule is CCCCC(CCCN1CCOCC1)OC(=O)/C=C/C(=O)O. The number of aliphatic carboxylic acids is 1. The van der Waals surface area contributed by atoms with Crippen molar-refractivity contribution in [3.05, 3.63) is 12.2 Å². The number of morpholine rings is 1. The molecule has 0 aromatic carbocycles. The summed E-state index contributed by atoms with van der Waals surface area (Å²) >= 11 is 0. The molecule has 0 aromatic rings. The molecule has 126 valence electrons. The number of nitrogens with zero attached hydrogens (tertiary/aromatic N) is 1. The van der Waals surface area contributed by atoms with Crippen molar-refractivity contribution in [1.29, 1.82) is 0 Å². The second-order valence-corrected chi connectivity index (χ2v) is 5.47. The van der Waals surface area contributed by atoms with Gasteiger partial charge in [0.05, 0.1) is 13.2 Å². The van der Waals surface area contributed by atoms with Crippen LogP contribution in [0.4, 0.5) is 0 Å². The normalized spacial score (nSPS) is 17.5. The fourth-order valence-electron chi connectivity index (χ4n) is 2.40. The molecule has 1 rings (SSSR count). The number of carbonyl (C=O) groups excluding carboxylic acids is 1. The van der Waals surface area contributed by atoms with Crippen LogP contribution in [0.3, 0.4) is 0 Å². The van der Waals surface area contributed by atoms with Crippen molar-refractivity contribution in [3.8, 4) is 0 Å². The maximum absolute atomic E-state index is 11.6. The number of hydrogen-bond acceptors (Lipinski definition) is 5. The van der Waals surface area contributed by atoms with Crippen LogP contribution in [0.2, 0.25) is 0 Å². The van der Waals surface area contributed by atoms with Gasteiger partial charge in [0.15, 0.2) is 0 Å². The Kier molecular flexibility index (Phi) is 9.50. The van der Waals surface area contributed by atoms with E-state index in [9.17, 15) is 9.59 Å². The van der Waals surface area contributed by atoms with Crippen molar-refractivity contribution in [2.45, 2.75) is 45.1 Å². The van der Waals surface area contributed by atoms with E-state index in [1.165, 1.54) is 0 Å². The van der Waals surface area contributed by atoms with Crippen LogP contribution >= 0.6 is 0 Å². The molecule has 1 fully saturated rings. The number of carboxylic acid groups (broad SMARTS) is 1. The Balaban J connectivity index is 2.32. The van der Waals surface area contributed by atoms with Gasteiger partial charge in [-0.2, -0.15) is 0 Å². The molecule has 1 atom stereocenters. The second kappa shape index (κ2) is 11.2. The summed E-state index contributed by atoms with van der Waals surface area (Å²) in [6.45, 7) is 6.56. The van der Waals surface area contributed by atoms with E-state index in [-0.39, 0.29) is 6.10 Å². The molecule has 0 spiro atoms. The molecule has 0 saturated carbocycles. The van der Waals surface area contributed by atoms with Crippen LogP contribution < -0.4 is 0 Å². The van der Waals surface area contributed by atoms with E-state index in [4.69, 9.17) is 14.6 Å². The molecule has 1 unspecified atom stereocenters. The largest absolute Gasteiger partial charge is 0.478 e. The number of esters is 1. The van der Waals surface area contributed by atoms with E-state index < -0.39 is 11.9 Å². The molecule has 22 heavy (non-hydrogen) atoms. The molecular weight excluding hydrogens is 286 g/mol. The highest BCUT2D eigenvalue weighted by atomic mass is 16.5. The Labute approximate surface area is 132 Å². The monoisotopic (exact) mass is 313 g/mol. The van der Waals surface area contributed by atoms with Crippen LogP contribution in [0.5, 0.6) is 0 Å². The quantitative estimate of drug-likeness (QED) is 0.490. The minimum atomic E-state index is -1.14. The predicted octanol–water partition coefficient (Wildman–Crippen LogP) is 1.84. The molecule has 6 heteroatoms. The summed E-state index contributed by atoms with van der Waals surface area (Å²) in [5.74, 6) is -1.72. The molecule has 1 aliphatic heterocycles. The van der Waals surface area contributed by atoms with Crippen LogP contribution in [0.15, 0.2) is 12.2 Å². The lowest BCUT2D eigenvalue weighted by molar-refractivity contribution is -0.144. The van der Waals surface area contributed by atoms with Crippen LogP contribution in [0.25, 0.3) is 0 Å². The molecule has 0 radical (unpaired) electrons. The standard InChI is InChI=1S/C16H27NO5/c1-2-3-5-14(22-16(20)8-7-15(18)19)6-4-9-17-10-12-21-13-11-17/h7-8,14H,2-6,9-13H2,1H3,(H,18,19)/b8-7+. The average molecular weight is 313 g/mol. The first-order valence-corrected chi connectivity index (χ1v) is 8.03. The van der Waals surface area contributed by atoms with E-state index in [0.717, 1.165) is 77.1 Å². The summed E-state index contributed by atoms with van der Waals surface area (Å²) in [5, 5.41) is 8.51. The van der Waals surface area contributed by atoms with E-state index in [2.05, 4.69) is 11.8 Å². The lowest BCUT2D eigenvalue weighted by Gasteiger charge is -2.27. The lowest BCUT2D eigenvalue weighted by atomic mass is 10.1. The fraction of sp³-hybridized carbons (Fsp3) is 0.750. The van der Waals surface area contributed by atoms with Gasteiger partial charge in [0.1, 0.15) is 6.10 Å². The zero-order chi connectivity index (χ0) is 16.2. The first-order chi connectivity index (χ1) is 10.6. The summed E-state index contributed by atoms with van der Waals surface area (Å²) in [5.41, 5.74) is 0. The summed E-state index contributed by atoms with van der Waals surface area (Å²) in [6, 6.07) is 0. The Hall–Kier alpha value is -1.40. The van der Waals surface area contributed by atoms with Gasteiger partial charge >= 0.3 is 11.9 Å². The molecule has 0 bridgehead atoms.